The molecule has 1 aliphatic rings. The molecule has 45 valence electrons. The maximum absolute atomic E-state index is 2.42. The molecule has 0 spiro atoms. The predicted octanol–water partition coefficient (Wildman–Crippen LogP) is 2.25. The van der Waals surface area contributed by atoms with E-state index in [1.165, 1.54) is 12.8 Å². The van der Waals surface area contributed by atoms with Crippen LogP contribution in [0, 0.1) is 18.3 Å². The summed E-state index contributed by atoms with van der Waals surface area (Å²) >= 11 is 0. The fourth-order valence-corrected chi connectivity index (χ4v) is 1.29. The van der Waals surface area contributed by atoms with Gasteiger partial charge in [-0.3, -0.25) is 0 Å². The van der Waals surface area contributed by atoms with Crippen molar-refractivity contribution in [3.05, 3.63) is 6.42 Å². The van der Waals surface area contributed by atoms with E-state index in [0.717, 1.165) is 11.8 Å². The van der Waals surface area contributed by atoms with E-state index in [2.05, 4.69) is 20.3 Å². The second-order valence-electron chi connectivity index (χ2n) is 2.79. The predicted molar refractivity (Wildman–Crippen MR) is 31.9 cm³/mol. The molecule has 0 bridgehead atoms. The summed E-state index contributed by atoms with van der Waals surface area (Å²) in [5.74, 6) is 1.87. The summed E-state index contributed by atoms with van der Waals surface area (Å²) in [4.78, 5) is 0. The van der Waals surface area contributed by atoms with E-state index < -0.39 is 0 Å². The molecule has 0 aliphatic heterocycles. The molecule has 0 aromatic heterocycles. The Labute approximate surface area is 77.3 Å². The first-order valence-corrected chi connectivity index (χ1v) is 3.12. The van der Waals surface area contributed by atoms with E-state index in [1.54, 1.807) is 0 Å². The van der Waals surface area contributed by atoms with Crippen molar-refractivity contribution in [1.82, 2.24) is 0 Å². The third kappa shape index (κ3) is 2.59. The quantitative estimate of drug-likeness (QED) is 0.509. The van der Waals surface area contributed by atoms with Gasteiger partial charge in [0.25, 0.3) is 0 Å². The van der Waals surface area contributed by atoms with Gasteiger partial charge in [0.15, 0.2) is 0 Å². The summed E-state index contributed by atoms with van der Waals surface area (Å²) in [6.07, 6.45) is 5.19. The van der Waals surface area contributed by atoms with Gasteiger partial charge < -0.3 is 6.42 Å². The topological polar surface area (TPSA) is 0 Å². The molecule has 8 heavy (non-hydrogen) atoms. The van der Waals surface area contributed by atoms with Crippen LogP contribution in [0.3, 0.4) is 0 Å². The SMILES string of the molecule is CC1[CH-]CC(C)C1.[Y]. The second kappa shape index (κ2) is 4.01. The van der Waals surface area contributed by atoms with Crippen molar-refractivity contribution in [2.45, 2.75) is 26.7 Å². The number of hydrogen-bond donors (Lipinski definition) is 0. The first-order chi connectivity index (χ1) is 3.29. The van der Waals surface area contributed by atoms with Crippen molar-refractivity contribution in [1.29, 1.82) is 0 Å². The van der Waals surface area contributed by atoms with Crippen LogP contribution in [0.4, 0.5) is 0 Å². The average Bonchev–Trinajstić information content (AvgIpc) is 1.87. The Hall–Kier alpha value is 1.10. The van der Waals surface area contributed by atoms with Crippen LogP contribution < -0.4 is 0 Å². The molecule has 2 unspecified atom stereocenters. The minimum Gasteiger partial charge on any atom is -0.325 e. The largest absolute Gasteiger partial charge is 0.325 e. The van der Waals surface area contributed by atoms with Gasteiger partial charge in [0.2, 0.25) is 0 Å². The molecule has 2 atom stereocenters. The van der Waals surface area contributed by atoms with Crippen LogP contribution in [0.15, 0.2) is 0 Å². The molecule has 1 rings (SSSR count). The second-order valence-corrected chi connectivity index (χ2v) is 2.79. The molecule has 0 heterocycles. The van der Waals surface area contributed by atoms with Gasteiger partial charge in [0.1, 0.15) is 0 Å². The van der Waals surface area contributed by atoms with E-state index in [0.29, 0.717) is 0 Å². The van der Waals surface area contributed by atoms with E-state index >= 15 is 0 Å². The maximum atomic E-state index is 2.42. The fraction of sp³-hybridized carbons (Fsp3) is 0.857. The monoisotopic (exact) mass is 186 g/mol. The van der Waals surface area contributed by atoms with Crippen LogP contribution in [0.25, 0.3) is 0 Å². The van der Waals surface area contributed by atoms with Crippen molar-refractivity contribution in [3.63, 3.8) is 0 Å². The Morgan fingerprint density at radius 2 is 2.00 bits per heavy atom. The van der Waals surface area contributed by atoms with Crippen LogP contribution in [-0.2, 0) is 32.7 Å². The summed E-state index contributed by atoms with van der Waals surface area (Å²) in [6.45, 7) is 4.61. The smallest absolute Gasteiger partial charge is 0 e. The number of rotatable bonds is 0. The zero-order chi connectivity index (χ0) is 5.28. The van der Waals surface area contributed by atoms with E-state index in [-0.39, 0.29) is 32.7 Å². The molecular formula is C7H13Y-. The Bertz CT molecular complexity index is 53.4. The van der Waals surface area contributed by atoms with Gasteiger partial charge in [-0.15, -0.1) is 0 Å². The van der Waals surface area contributed by atoms with Crippen molar-refractivity contribution in [2.24, 2.45) is 11.8 Å². The van der Waals surface area contributed by atoms with Crippen LogP contribution in [0.2, 0.25) is 0 Å². The molecule has 0 amide bonds. The molecule has 1 saturated carbocycles. The summed E-state index contributed by atoms with van der Waals surface area (Å²) < 4.78 is 0. The van der Waals surface area contributed by atoms with Gasteiger partial charge >= 0.3 is 0 Å². The van der Waals surface area contributed by atoms with Crippen LogP contribution in [0.5, 0.6) is 0 Å². The van der Waals surface area contributed by atoms with Crippen LogP contribution in [-0.4, -0.2) is 0 Å². The van der Waals surface area contributed by atoms with E-state index in [9.17, 15) is 0 Å². The standard InChI is InChI=1S/C7H13.Y/c1-6-3-4-7(2)5-6;/h3,6-7H,4-5H2,1-2H3;/q-1;. The maximum Gasteiger partial charge on any atom is 0 e. The third-order valence-corrected chi connectivity index (χ3v) is 1.71. The van der Waals surface area contributed by atoms with Crippen molar-refractivity contribution < 1.29 is 32.7 Å². The molecule has 0 aromatic carbocycles. The molecule has 1 fully saturated rings. The van der Waals surface area contributed by atoms with Gasteiger partial charge in [0, 0.05) is 32.7 Å². The summed E-state index contributed by atoms with van der Waals surface area (Å²) in [5, 5.41) is 0. The summed E-state index contributed by atoms with van der Waals surface area (Å²) in [6, 6.07) is 0. The van der Waals surface area contributed by atoms with E-state index in [1.807, 2.05) is 0 Å². The first kappa shape index (κ1) is 9.10. The Morgan fingerprint density at radius 3 is 2.12 bits per heavy atom. The minimum atomic E-state index is 0. The normalized spacial score (nSPS) is 36.8. The Balaban J connectivity index is 0.000000490. The molecule has 1 heteroatoms. The van der Waals surface area contributed by atoms with Gasteiger partial charge in [-0.25, -0.2) is 0 Å². The fourth-order valence-electron chi connectivity index (χ4n) is 1.29. The average molecular weight is 186 g/mol. The molecule has 0 saturated heterocycles. The van der Waals surface area contributed by atoms with Crippen molar-refractivity contribution >= 4 is 0 Å². The third-order valence-electron chi connectivity index (χ3n) is 1.71. The van der Waals surface area contributed by atoms with Gasteiger partial charge in [-0.2, -0.15) is 12.3 Å². The van der Waals surface area contributed by atoms with Crippen LogP contribution in [0.1, 0.15) is 26.7 Å². The zero-order valence-corrected chi connectivity index (χ0v) is 8.56. The summed E-state index contributed by atoms with van der Waals surface area (Å²) in [5.41, 5.74) is 0. The summed E-state index contributed by atoms with van der Waals surface area (Å²) in [7, 11) is 0. The Morgan fingerprint density at radius 1 is 1.38 bits per heavy atom. The molecular weight excluding hydrogens is 173 g/mol. The molecule has 0 aromatic rings. The first-order valence-electron chi connectivity index (χ1n) is 3.12. The molecule has 0 N–H and O–H groups in total. The van der Waals surface area contributed by atoms with Gasteiger partial charge in [0.05, 0.1) is 0 Å². The molecule has 1 radical (unpaired) electrons. The minimum absolute atomic E-state index is 0. The van der Waals surface area contributed by atoms with Crippen LogP contribution >= 0.6 is 0 Å². The Kier molecular flexibility index (Phi) is 4.56. The van der Waals surface area contributed by atoms with Gasteiger partial charge in [-0.05, 0) is 0 Å². The van der Waals surface area contributed by atoms with Crippen molar-refractivity contribution in [2.75, 3.05) is 0 Å². The zero-order valence-electron chi connectivity index (χ0n) is 5.72. The van der Waals surface area contributed by atoms with E-state index in [4.69, 9.17) is 0 Å². The van der Waals surface area contributed by atoms with Gasteiger partial charge in [-0.1, -0.05) is 26.2 Å². The number of hydrogen-bond acceptors (Lipinski definition) is 0. The molecule has 1 aliphatic carbocycles. The van der Waals surface area contributed by atoms with Crippen molar-refractivity contribution in [3.8, 4) is 0 Å². The molecule has 0 nitrogen and oxygen atoms in total.